The van der Waals surface area contributed by atoms with Gasteiger partial charge in [0, 0.05) is 24.0 Å². The van der Waals surface area contributed by atoms with Crippen molar-refractivity contribution in [2.24, 2.45) is 23.0 Å². The Bertz CT molecular complexity index is 330. The zero-order chi connectivity index (χ0) is 14.0. The van der Waals surface area contributed by atoms with Crippen molar-refractivity contribution < 1.29 is 9.53 Å². The van der Waals surface area contributed by atoms with Gasteiger partial charge in [-0.2, -0.15) is 0 Å². The first-order chi connectivity index (χ1) is 9.00. The molecule has 0 aromatic rings. The molecule has 110 valence electrons. The van der Waals surface area contributed by atoms with Gasteiger partial charge in [0.15, 0.2) is 0 Å². The van der Waals surface area contributed by atoms with E-state index in [1.807, 2.05) is 6.92 Å². The first kappa shape index (κ1) is 14.8. The monoisotopic (exact) mass is 268 g/mol. The van der Waals surface area contributed by atoms with Gasteiger partial charge in [0.1, 0.15) is 0 Å². The molecule has 4 atom stereocenters. The lowest BCUT2D eigenvalue weighted by atomic mass is 9.64. The Morgan fingerprint density at radius 1 is 1.42 bits per heavy atom. The third kappa shape index (κ3) is 2.79. The quantitative estimate of drug-likeness (QED) is 0.797. The second-order valence-corrected chi connectivity index (χ2v) is 6.60. The lowest BCUT2D eigenvalue weighted by Crippen LogP contribution is -2.62. The van der Waals surface area contributed by atoms with Crippen LogP contribution in [0, 0.1) is 17.3 Å². The maximum absolute atomic E-state index is 12.4. The Hall–Kier alpha value is -0.610. The number of nitrogens with one attached hydrogen (secondary N) is 1. The van der Waals surface area contributed by atoms with Crippen molar-refractivity contribution in [3.8, 4) is 0 Å². The molecule has 19 heavy (non-hydrogen) atoms. The summed E-state index contributed by atoms with van der Waals surface area (Å²) in [7, 11) is 0. The van der Waals surface area contributed by atoms with E-state index in [0.717, 1.165) is 32.3 Å². The normalized spacial score (nSPS) is 36.8. The van der Waals surface area contributed by atoms with Crippen LogP contribution in [0.4, 0.5) is 0 Å². The molecule has 0 aromatic heterocycles. The predicted molar refractivity (Wildman–Crippen MR) is 75.6 cm³/mol. The number of carbonyl (C=O) groups excluding carboxylic acids is 1. The van der Waals surface area contributed by atoms with E-state index in [-0.39, 0.29) is 29.4 Å². The van der Waals surface area contributed by atoms with Crippen LogP contribution in [0.15, 0.2) is 0 Å². The van der Waals surface area contributed by atoms with E-state index in [4.69, 9.17) is 10.5 Å². The van der Waals surface area contributed by atoms with Gasteiger partial charge in [-0.3, -0.25) is 4.79 Å². The van der Waals surface area contributed by atoms with Gasteiger partial charge in [-0.05, 0) is 38.6 Å². The number of ether oxygens (including phenoxy) is 1. The summed E-state index contributed by atoms with van der Waals surface area (Å²) < 4.78 is 5.70. The van der Waals surface area contributed by atoms with E-state index in [0.29, 0.717) is 12.5 Å². The SMILES string of the molecule is CCOC1CC(NC(=O)C2CCCC2CN)C1(C)C. The summed E-state index contributed by atoms with van der Waals surface area (Å²) in [5, 5.41) is 3.23. The van der Waals surface area contributed by atoms with Crippen LogP contribution < -0.4 is 11.1 Å². The summed E-state index contributed by atoms with van der Waals surface area (Å²) in [6.45, 7) is 7.75. The van der Waals surface area contributed by atoms with Gasteiger partial charge < -0.3 is 15.8 Å². The van der Waals surface area contributed by atoms with E-state index in [2.05, 4.69) is 19.2 Å². The van der Waals surface area contributed by atoms with Gasteiger partial charge in [-0.15, -0.1) is 0 Å². The molecular formula is C15H28N2O2. The molecule has 2 rings (SSSR count). The largest absolute Gasteiger partial charge is 0.378 e. The molecule has 4 heteroatoms. The van der Waals surface area contributed by atoms with Crippen LogP contribution in [0.3, 0.4) is 0 Å². The minimum absolute atomic E-state index is 0.0441. The van der Waals surface area contributed by atoms with Crippen molar-refractivity contribution >= 4 is 5.91 Å². The zero-order valence-electron chi connectivity index (χ0n) is 12.4. The van der Waals surface area contributed by atoms with Crippen LogP contribution in [0.1, 0.15) is 46.5 Å². The van der Waals surface area contributed by atoms with Crippen LogP contribution in [0.5, 0.6) is 0 Å². The smallest absolute Gasteiger partial charge is 0.223 e. The number of nitrogens with two attached hydrogens (primary N) is 1. The van der Waals surface area contributed by atoms with Crippen molar-refractivity contribution in [2.75, 3.05) is 13.2 Å². The molecule has 4 unspecified atom stereocenters. The third-order valence-electron chi connectivity index (χ3n) is 5.16. The lowest BCUT2D eigenvalue weighted by molar-refractivity contribution is -0.140. The molecule has 0 aliphatic heterocycles. The molecule has 0 heterocycles. The van der Waals surface area contributed by atoms with Gasteiger partial charge in [0.05, 0.1) is 6.10 Å². The van der Waals surface area contributed by atoms with Crippen molar-refractivity contribution in [3.05, 3.63) is 0 Å². The first-order valence-electron chi connectivity index (χ1n) is 7.62. The fourth-order valence-electron chi connectivity index (χ4n) is 3.56. The van der Waals surface area contributed by atoms with Gasteiger partial charge >= 0.3 is 0 Å². The molecule has 2 aliphatic carbocycles. The molecule has 3 N–H and O–H groups in total. The summed E-state index contributed by atoms with van der Waals surface area (Å²) in [5.41, 5.74) is 5.80. The Balaban J connectivity index is 1.87. The van der Waals surface area contributed by atoms with Crippen LogP contribution >= 0.6 is 0 Å². The minimum Gasteiger partial charge on any atom is -0.378 e. The van der Waals surface area contributed by atoms with E-state index in [1.165, 1.54) is 0 Å². The summed E-state index contributed by atoms with van der Waals surface area (Å²) in [5.74, 6) is 0.721. The van der Waals surface area contributed by atoms with E-state index in [1.54, 1.807) is 0 Å². The second-order valence-electron chi connectivity index (χ2n) is 6.60. The number of hydrogen-bond acceptors (Lipinski definition) is 3. The molecule has 0 saturated heterocycles. The molecule has 4 nitrogen and oxygen atoms in total. The Morgan fingerprint density at radius 3 is 2.74 bits per heavy atom. The number of rotatable bonds is 5. The lowest BCUT2D eigenvalue weighted by Gasteiger charge is -2.51. The van der Waals surface area contributed by atoms with Gasteiger partial charge in [0.2, 0.25) is 5.91 Å². The molecule has 2 fully saturated rings. The van der Waals surface area contributed by atoms with Crippen LogP contribution in [0.25, 0.3) is 0 Å². The molecule has 0 radical (unpaired) electrons. The summed E-state index contributed by atoms with van der Waals surface area (Å²) in [6.07, 6.45) is 4.44. The number of hydrogen-bond donors (Lipinski definition) is 2. The molecular weight excluding hydrogens is 240 g/mol. The maximum Gasteiger partial charge on any atom is 0.223 e. The van der Waals surface area contributed by atoms with Crippen LogP contribution in [0.2, 0.25) is 0 Å². The Kier molecular flexibility index (Phi) is 4.51. The number of carbonyl (C=O) groups is 1. The fraction of sp³-hybridized carbons (Fsp3) is 0.933. The number of amides is 1. The zero-order valence-corrected chi connectivity index (χ0v) is 12.4. The molecule has 0 aromatic carbocycles. The molecule has 0 spiro atoms. The van der Waals surface area contributed by atoms with Gasteiger partial charge in [-0.1, -0.05) is 20.3 Å². The van der Waals surface area contributed by atoms with Crippen LogP contribution in [-0.4, -0.2) is 31.2 Å². The average Bonchev–Trinajstić information content (AvgIpc) is 2.85. The van der Waals surface area contributed by atoms with Gasteiger partial charge in [0.25, 0.3) is 0 Å². The highest BCUT2D eigenvalue weighted by molar-refractivity contribution is 5.79. The topological polar surface area (TPSA) is 64.3 Å². The highest BCUT2D eigenvalue weighted by atomic mass is 16.5. The maximum atomic E-state index is 12.4. The van der Waals surface area contributed by atoms with Crippen molar-refractivity contribution in [1.82, 2.24) is 5.32 Å². The highest BCUT2D eigenvalue weighted by Crippen LogP contribution is 2.43. The molecule has 2 aliphatic rings. The van der Waals surface area contributed by atoms with Crippen molar-refractivity contribution in [2.45, 2.75) is 58.6 Å². The summed E-state index contributed by atoms with van der Waals surface area (Å²) >= 11 is 0. The summed E-state index contributed by atoms with van der Waals surface area (Å²) in [6, 6.07) is 0.246. The Morgan fingerprint density at radius 2 is 2.16 bits per heavy atom. The van der Waals surface area contributed by atoms with Crippen molar-refractivity contribution in [3.63, 3.8) is 0 Å². The third-order valence-corrected chi connectivity index (χ3v) is 5.16. The first-order valence-corrected chi connectivity index (χ1v) is 7.62. The minimum atomic E-state index is 0.0441. The molecule has 0 bridgehead atoms. The van der Waals surface area contributed by atoms with Crippen LogP contribution in [-0.2, 0) is 9.53 Å². The molecule has 2 saturated carbocycles. The highest BCUT2D eigenvalue weighted by Gasteiger charge is 2.50. The van der Waals surface area contributed by atoms with Crippen molar-refractivity contribution in [1.29, 1.82) is 0 Å². The molecule has 1 amide bonds. The standard InChI is InChI=1S/C15H28N2O2/c1-4-19-13-8-12(15(13,2)3)17-14(18)11-7-5-6-10(11)9-16/h10-13H,4-9,16H2,1-3H3,(H,17,18). The van der Waals surface area contributed by atoms with E-state index in [9.17, 15) is 4.79 Å². The fourth-order valence-corrected chi connectivity index (χ4v) is 3.56. The average molecular weight is 268 g/mol. The van der Waals surface area contributed by atoms with E-state index >= 15 is 0 Å². The van der Waals surface area contributed by atoms with Gasteiger partial charge in [-0.25, -0.2) is 0 Å². The Labute approximate surface area is 116 Å². The predicted octanol–water partition coefficient (Wildman–Crippen LogP) is 1.68. The second kappa shape index (κ2) is 5.80. The summed E-state index contributed by atoms with van der Waals surface area (Å²) in [4.78, 5) is 12.4. The van der Waals surface area contributed by atoms with E-state index < -0.39 is 0 Å².